The summed E-state index contributed by atoms with van der Waals surface area (Å²) >= 11 is 0. The largest absolute Gasteiger partial charge is 0.741 e. The van der Waals surface area contributed by atoms with Crippen LogP contribution in [0.2, 0.25) is 0 Å². The number of aromatic nitrogens is 1. The van der Waals surface area contributed by atoms with Gasteiger partial charge in [-0.2, -0.15) is 17.7 Å². The first kappa shape index (κ1) is 26.3. The number of aryl methyl sites for hydroxylation is 1. The molecular weight excluding hydrogens is 523 g/mol. The molecule has 4 nitrogen and oxygen atoms in total. The Kier molecular flexibility index (Phi) is 6.84. The van der Waals surface area contributed by atoms with E-state index < -0.39 is 15.6 Å². The third-order valence-electron chi connectivity index (χ3n) is 6.59. The lowest BCUT2D eigenvalue weighted by Gasteiger charge is -2.12. The van der Waals surface area contributed by atoms with Crippen LogP contribution in [-0.2, 0) is 17.2 Å². The van der Waals surface area contributed by atoms with E-state index in [2.05, 4.69) is 127 Å². The summed E-state index contributed by atoms with van der Waals surface area (Å²) in [5, 5.41) is 5.10. The van der Waals surface area contributed by atoms with Crippen LogP contribution in [0.1, 0.15) is 0 Å². The smallest absolute Gasteiger partial charge is 0.485 e. The summed E-state index contributed by atoms with van der Waals surface area (Å²) in [6.45, 7) is 0. The van der Waals surface area contributed by atoms with Crippen molar-refractivity contribution in [2.24, 2.45) is 7.05 Å². The second-order valence-corrected chi connectivity index (χ2v) is 10.4. The zero-order valence-corrected chi connectivity index (χ0v) is 21.5. The fraction of sp³-hybridized carbons (Fsp3) is 0.0645. The highest BCUT2D eigenvalue weighted by Gasteiger charge is 2.36. The molecule has 0 saturated carbocycles. The standard InChI is InChI=1S/C30H22N.CHF3O3S/c1-31-28-14-8-7-13-26(28)30(22-10-3-2-4-11-22)27-20-25(17-18-29(27)31)24-16-15-21-9-5-6-12-23(21)19-24;2-1(3,4)8(5,6)7/h2-20H,1H3;(H,5,6,7)/q+1;/p-1. The van der Waals surface area contributed by atoms with Crippen LogP contribution in [0.25, 0.3) is 54.8 Å². The monoisotopic (exact) mass is 545 g/mol. The SMILES string of the molecule is C[n+]1c2ccccc2c(-c2ccccc2)c2cc(-c3ccc4ccccc4c3)ccc21.O=S(=O)([O-])C(F)(F)F. The van der Waals surface area contributed by atoms with Gasteiger partial charge in [0.1, 0.15) is 7.05 Å². The molecule has 0 aliphatic rings. The van der Waals surface area contributed by atoms with Gasteiger partial charge in [-0.25, -0.2) is 8.42 Å². The Balaban J connectivity index is 0.000000339. The fourth-order valence-corrected chi connectivity index (χ4v) is 4.75. The van der Waals surface area contributed by atoms with Crippen LogP contribution in [0.4, 0.5) is 13.2 Å². The van der Waals surface area contributed by atoms with Crippen LogP contribution in [0.3, 0.4) is 0 Å². The molecule has 0 spiro atoms. The van der Waals surface area contributed by atoms with Gasteiger partial charge >= 0.3 is 5.51 Å². The molecule has 196 valence electrons. The van der Waals surface area contributed by atoms with Crippen molar-refractivity contribution in [1.29, 1.82) is 0 Å². The highest BCUT2D eigenvalue weighted by atomic mass is 32.2. The Labute approximate surface area is 223 Å². The van der Waals surface area contributed by atoms with E-state index >= 15 is 0 Å². The fourth-order valence-electron chi connectivity index (χ4n) is 4.75. The maximum Gasteiger partial charge on any atom is 0.485 e. The summed E-state index contributed by atoms with van der Waals surface area (Å²) in [5.41, 5.74) is 1.87. The zero-order valence-electron chi connectivity index (χ0n) is 20.7. The molecule has 6 aromatic rings. The molecule has 0 unspecified atom stereocenters. The first-order valence-corrected chi connectivity index (χ1v) is 13.4. The van der Waals surface area contributed by atoms with Gasteiger partial charge in [0, 0.05) is 17.7 Å². The van der Waals surface area contributed by atoms with Crippen LogP contribution >= 0.6 is 0 Å². The molecule has 0 N–H and O–H groups in total. The molecule has 0 aliphatic heterocycles. The second kappa shape index (κ2) is 10.1. The highest BCUT2D eigenvalue weighted by Crippen LogP contribution is 2.36. The predicted molar refractivity (Wildman–Crippen MR) is 147 cm³/mol. The third kappa shape index (κ3) is 5.21. The Morgan fingerprint density at radius 1 is 0.615 bits per heavy atom. The van der Waals surface area contributed by atoms with Crippen LogP contribution in [0.5, 0.6) is 0 Å². The van der Waals surface area contributed by atoms with Crippen LogP contribution in [0, 0.1) is 0 Å². The maximum atomic E-state index is 10.7. The molecule has 0 fully saturated rings. The van der Waals surface area contributed by atoms with Gasteiger partial charge in [-0.1, -0.05) is 78.9 Å². The lowest BCUT2D eigenvalue weighted by molar-refractivity contribution is -0.617. The number of halogens is 3. The Hall–Kier alpha value is -4.27. The maximum absolute atomic E-state index is 10.7. The lowest BCUT2D eigenvalue weighted by Crippen LogP contribution is -2.30. The van der Waals surface area contributed by atoms with Gasteiger partial charge < -0.3 is 4.55 Å². The molecule has 8 heteroatoms. The van der Waals surface area contributed by atoms with Gasteiger partial charge in [-0.05, 0) is 51.7 Å². The quantitative estimate of drug-likeness (QED) is 0.0989. The minimum atomic E-state index is -6.09. The summed E-state index contributed by atoms with van der Waals surface area (Å²) < 4.78 is 61.2. The van der Waals surface area contributed by atoms with E-state index in [0.717, 1.165) is 0 Å². The van der Waals surface area contributed by atoms with Gasteiger partial charge in [0.25, 0.3) is 0 Å². The summed E-state index contributed by atoms with van der Waals surface area (Å²) in [6, 6.07) is 41.6. The molecule has 0 amide bonds. The van der Waals surface area contributed by atoms with Crippen molar-refractivity contribution in [3.05, 3.63) is 115 Å². The van der Waals surface area contributed by atoms with E-state index in [4.69, 9.17) is 13.0 Å². The van der Waals surface area contributed by atoms with Gasteiger partial charge in [0.15, 0.2) is 10.1 Å². The van der Waals surface area contributed by atoms with Crippen molar-refractivity contribution in [1.82, 2.24) is 0 Å². The molecule has 0 aliphatic carbocycles. The summed E-state index contributed by atoms with van der Waals surface area (Å²) in [7, 11) is -3.93. The third-order valence-corrected chi connectivity index (χ3v) is 7.16. The highest BCUT2D eigenvalue weighted by molar-refractivity contribution is 7.86. The summed E-state index contributed by atoms with van der Waals surface area (Å²) in [5.74, 6) is 0. The van der Waals surface area contributed by atoms with Gasteiger partial charge in [0.05, 0.1) is 10.8 Å². The van der Waals surface area contributed by atoms with Crippen LogP contribution in [-0.4, -0.2) is 18.5 Å². The summed E-state index contributed by atoms with van der Waals surface area (Å²) in [6.07, 6.45) is 0. The van der Waals surface area contributed by atoms with Crippen molar-refractivity contribution < 1.29 is 30.7 Å². The first-order valence-electron chi connectivity index (χ1n) is 12.0. The number of para-hydroxylation sites is 1. The number of benzene rings is 5. The second-order valence-electron chi connectivity index (χ2n) is 9.01. The number of pyridine rings is 1. The normalized spacial score (nSPS) is 11.9. The number of fused-ring (bicyclic) bond motifs is 3. The number of nitrogens with zero attached hydrogens (tertiary/aromatic N) is 1. The minimum absolute atomic E-state index is 1.24. The van der Waals surface area contributed by atoms with Gasteiger partial charge in [0.2, 0.25) is 11.0 Å². The zero-order chi connectivity index (χ0) is 27.8. The van der Waals surface area contributed by atoms with E-state index in [1.165, 1.54) is 54.8 Å². The van der Waals surface area contributed by atoms with Gasteiger partial charge in [-0.15, -0.1) is 0 Å². The van der Waals surface area contributed by atoms with E-state index in [-0.39, 0.29) is 0 Å². The van der Waals surface area contributed by atoms with Crippen LogP contribution < -0.4 is 4.57 Å². The number of rotatable bonds is 2. The van der Waals surface area contributed by atoms with E-state index in [0.29, 0.717) is 0 Å². The molecule has 0 radical (unpaired) electrons. The topological polar surface area (TPSA) is 61.1 Å². The molecule has 1 aromatic heterocycles. The molecule has 0 bridgehead atoms. The molecule has 6 rings (SSSR count). The first-order chi connectivity index (χ1) is 18.5. The Morgan fingerprint density at radius 2 is 1.15 bits per heavy atom. The summed E-state index contributed by atoms with van der Waals surface area (Å²) in [4.78, 5) is 0. The molecule has 39 heavy (non-hydrogen) atoms. The van der Waals surface area contributed by atoms with Crippen molar-refractivity contribution in [2.45, 2.75) is 5.51 Å². The molecular formula is C31H22F3NO3S. The average molecular weight is 546 g/mol. The van der Waals surface area contributed by atoms with Crippen molar-refractivity contribution in [2.75, 3.05) is 0 Å². The van der Waals surface area contributed by atoms with E-state index in [1.54, 1.807) is 0 Å². The Morgan fingerprint density at radius 3 is 1.85 bits per heavy atom. The number of hydrogen-bond acceptors (Lipinski definition) is 3. The minimum Gasteiger partial charge on any atom is -0.741 e. The molecule has 0 atom stereocenters. The van der Waals surface area contributed by atoms with E-state index in [9.17, 15) is 13.2 Å². The number of alkyl halides is 3. The van der Waals surface area contributed by atoms with Crippen LogP contribution in [0.15, 0.2) is 115 Å². The average Bonchev–Trinajstić information content (AvgIpc) is 2.92. The Bertz CT molecular complexity index is 1940. The molecule has 5 aromatic carbocycles. The van der Waals surface area contributed by atoms with Gasteiger partial charge in [-0.3, -0.25) is 0 Å². The van der Waals surface area contributed by atoms with Crippen molar-refractivity contribution >= 4 is 42.7 Å². The molecule has 0 saturated heterocycles. The van der Waals surface area contributed by atoms with Crippen molar-refractivity contribution in [3.63, 3.8) is 0 Å². The van der Waals surface area contributed by atoms with E-state index in [1.807, 2.05) is 0 Å². The lowest BCUT2D eigenvalue weighted by atomic mass is 9.93. The molecule has 1 heterocycles. The number of hydrogen-bond donors (Lipinski definition) is 0. The van der Waals surface area contributed by atoms with Crippen molar-refractivity contribution in [3.8, 4) is 22.3 Å². The predicted octanol–water partition coefficient (Wildman–Crippen LogP) is 7.36.